The van der Waals surface area contributed by atoms with Crippen molar-refractivity contribution in [1.29, 1.82) is 5.26 Å². The predicted octanol–water partition coefficient (Wildman–Crippen LogP) is 5.02. The van der Waals surface area contributed by atoms with Gasteiger partial charge < -0.3 is 28.9 Å². The summed E-state index contributed by atoms with van der Waals surface area (Å²) in [5.41, 5.74) is 4.51. The zero-order valence-electron chi connectivity index (χ0n) is 27.2. The van der Waals surface area contributed by atoms with Crippen LogP contribution in [-0.2, 0) is 27.2 Å². The largest absolute Gasteiger partial charge is 0.462 e. The fourth-order valence-electron chi connectivity index (χ4n) is 7.24. The smallest absolute Gasteiger partial charge is 0.318 e. The van der Waals surface area contributed by atoms with Gasteiger partial charge in [0.2, 0.25) is 5.91 Å². The predicted molar refractivity (Wildman–Crippen MR) is 184 cm³/mol. The van der Waals surface area contributed by atoms with E-state index in [2.05, 4.69) is 72.7 Å². The van der Waals surface area contributed by atoms with E-state index in [1.54, 1.807) is 16.7 Å². The molecule has 1 amide bonds. The number of benzene rings is 2. The van der Waals surface area contributed by atoms with Crippen molar-refractivity contribution in [2.24, 2.45) is 0 Å². The summed E-state index contributed by atoms with van der Waals surface area (Å²) in [4.78, 5) is 28.8. The molecule has 3 saturated heterocycles. The molecule has 0 radical (unpaired) electrons. The van der Waals surface area contributed by atoms with E-state index in [4.69, 9.17) is 24.2 Å². The van der Waals surface area contributed by atoms with Crippen LogP contribution < -0.4 is 14.5 Å². The number of ether oxygens (including phenoxy) is 3. The number of thioether (sulfide) groups is 1. The summed E-state index contributed by atoms with van der Waals surface area (Å²) >= 11 is 1.79. The summed E-state index contributed by atoms with van der Waals surface area (Å²) < 4.78 is 18.3. The van der Waals surface area contributed by atoms with Crippen molar-refractivity contribution in [1.82, 2.24) is 14.9 Å². The number of piperazine rings is 1. The Morgan fingerprint density at radius 3 is 2.77 bits per heavy atom. The molecule has 7 rings (SSSR count). The van der Waals surface area contributed by atoms with Gasteiger partial charge in [-0.25, -0.2) is 0 Å². The number of amides is 1. The fourth-order valence-corrected chi connectivity index (χ4v) is 8.19. The van der Waals surface area contributed by atoms with Gasteiger partial charge in [0.1, 0.15) is 17.4 Å². The minimum Gasteiger partial charge on any atom is -0.462 e. The molecule has 2 aromatic carbocycles. The molecule has 3 aromatic rings. The molecule has 47 heavy (non-hydrogen) atoms. The van der Waals surface area contributed by atoms with Crippen molar-refractivity contribution in [2.75, 3.05) is 55.8 Å². The quantitative estimate of drug-likeness (QED) is 0.231. The Morgan fingerprint density at radius 2 is 1.98 bits per heavy atom. The molecular weight excluding hydrogens is 613 g/mol. The first-order chi connectivity index (χ1) is 22.9. The lowest BCUT2D eigenvalue weighted by molar-refractivity contribution is -0.128. The number of carbonyl (C=O) groups is 1. The lowest BCUT2D eigenvalue weighted by Gasteiger charge is -2.42. The van der Waals surface area contributed by atoms with Crippen LogP contribution in [0.4, 0.5) is 11.5 Å². The van der Waals surface area contributed by atoms with Gasteiger partial charge in [-0.3, -0.25) is 4.79 Å². The SMILES string of the molecule is C=CC(=O)N1CCN(c2nc(OCC3S[C@]3(C)OC3CCOCC3)nc3c2CCN(c2cccc4cccc(C)c24)C3)C[C@@H]1CC#N. The highest BCUT2D eigenvalue weighted by atomic mass is 32.2. The second-order valence-corrected chi connectivity index (χ2v) is 14.6. The van der Waals surface area contributed by atoms with Crippen LogP contribution in [0.1, 0.15) is 43.0 Å². The molecule has 0 bridgehead atoms. The third-order valence-electron chi connectivity index (χ3n) is 9.86. The number of nitriles is 1. The van der Waals surface area contributed by atoms with Crippen LogP contribution in [-0.4, -0.2) is 89.1 Å². The molecule has 5 heterocycles. The maximum absolute atomic E-state index is 12.6. The van der Waals surface area contributed by atoms with Crippen molar-refractivity contribution >= 4 is 39.9 Å². The number of rotatable bonds is 9. The van der Waals surface area contributed by atoms with Crippen molar-refractivity contribution in [2.45, 2.75) is 68.4 Å². The Hall–Kier alpha value is -3.85. The second-order valence-electron chi connectivity index (χ2n) is 12.9. The van der Waals surface area contributed by atoms with E-state index < -0.39 is 0 Å². The maximum Gasteiger partial charge on any atom is 0.318 e. The van der Waals surface area contributed by atoms with Gasteiger partial charge in [-0.15, -0.1) is 11.8 Å². The summed E-state index contributed by atoms with van der Waals surface area (Å²) in [6, 6.07) is 15.3. The number of fused-ring (bicyclic) bond motifs is 2. The molecule has 1 unspecified atom stereocenters. The van der Waals surface area contributed by atoms with E-state index in [1.807, 2.05) is 0 Å². The molecule has 246 valence electrons. The maximum atomic E-state index is 12.6. The monoisotopic (exact) mass is 654 g/mol. The molecule has 3 atom stereocenters. The van der Waals surface area contributed by atoms with Gasteiger partial charge in [-0.05, 0) is 56.2 Å². The van der Waals surface area contributed by atoms with Gasteiger partial charge in [0, 0.05) is 56.0 Å². The van der Waals surface area contributed by atoms with Gasteiger partial charge in [-0.1, -0.05) is 36.9 Å². The lowest BCUT2D eigenvalue weighted by atomic mass is 9.99. The Morgan fingerprint density at radius 1 is 1.17 bits per heavy atom. The number of anilines is 2. The topological polar surface area (TPSA) is 104 Å². The summed E-state index contributed by atoms with van der Waals surface area (Å²) in [5.74, 6) is 0.699. The van der Waals surface area contributed by atoms with Gasteiger partial charge in [0.15, 0.2) is 0 Å². The zero-order valence-corrected chi connectivity index (χ0v) is 28.0. The lowest BCUT2D eigenvalue weighted by Crippen LogP contribution is -2.55. The van der Waals surface area contributed by atoms with Crippen LogP contribution in [0, 0.1) is 18.3 Å². The van der Waals surface area contributed by atoms with Gasteiger partial charge in [-0.2, -0.15) is 15.2 Å². The Kier molecular flexibility index (Phi) is 9.01. The summed E-state index contributed by atoms with van der Waals surface area (Å²) in [5, 5.41) is 12.3. The normalized spacial score (nSPS) is 24.5. The van der Waals surface area contributed by atoms with Crippen LogP contribution in [0.25, 0.3) is 10.8 Å². The van der Waals surface area contributed by atoms with Gasteiger partial charge in [0.25, 0.3) is 0 Å². The Bertz CT molecular complexity index is 1700. The van der Waals surface area contributed by atoms with Crippen LogP contribution in [0.2, 0.25) is 0 Å². The van der Waals surface area contributed by atoms with E-state index >= 15 is 0 Å². The highest BCUT2D eigenvalue weighted by Gasteiger charge is 2.55. The van der Waals surface area contributed by atoms with Crippen molar-refractivity contribution < 1.29 is 19.0 Å². The van der Waals surface area contributed by atoms with E-state index in [-0.39, 0.29) is 34.7 Å². The summed E-state index contributed by atoms with van der Waals surface area (Å²) in [6.45, 7) is 13.0. The van der Waals surface area contributed by atoms with E-state index in [0.717, 1.165) is 56.1 Å². The van der Waals surface area contributed by atoms with Crippen molar-refractivity contribution in [3.63, 3.8) is 0 Å². The van der Waals surface area contributed by atoms with Crippen LogP contribution >= 0.6 is 11.8 Å². The molecule has 0 aliphatic carbocycles. The fraction of sp³-hybridized carbons (Fsp3) is 0.500. The highest BCUT2D eigenvalue weighted by Crippen LogP contribution is 2.55. The van der Waals surface area contributed by atoms with Crippen molar-refractivity contribution in [3.05, 3.63) is 65.9 Å². The van der Waals surface area contributed by atoms with Crippen LogP contribution in [0.3, 0.4) is 0 Å². The molecule has 3 fully saturated rings. The second kappa shape index (κ2) is 13.3. The van der Waals surface area contributed by atoms with Gasteiger partial charge >= 0.3 is 6.01 Å². The van der Waals surface area contributed by atoms with E-state index in [1.165, 1.54) is 28.1 Å². The molecule has 1 aromatic heterocycles. The van der Waals surface area contributed by atoms with Crippen molar-refractivity contribution in [3.8, 4) is 12.1 Å². The third kappa shape index (κ3) is 6.51. The van der Waals surface area contributed by atoms with E-state index in [9.17, 15) is 10.1 Å². The number of aryl methyl sites for hydroxylation is 1. The van der Waals surface area contributed by atoms with Crippen LogP contribution in [0.5, 0.6) is 6.01 Å². The molecule has 11 heteroatoms. The molecule has 10 nitrogen and oxygen atoms in total. The molecule has 0 N–H and O–H groups in total. The third-order valence-corrected chi connectivity index (χ3v) is 11.3. The Labute approximate surface area is 280 Å². The number of aromatic nitrogens is 2. The molecule has 4 aliphatic rings. The van der Waals surface area contributed by atoms with Gasteiger partial charge in [0.05, 0.1) is 42.1 Å². The van der Waals surface area contributed by atoms with E-state index in [0.29, 0.717) is 38.8 Å². The molecule has 0 spiro atoms. The zero-order chi connectivity index (χ0) is 32.5. The summed E-state index contributed by atoms with van der Waals surface area (Å²) in [6.07, 6.45) is 4.41. The minimum atomic E-state index is -0.277. The standard InChI is InChI=1S/C36H42N6O4S/c1-4-32(43)42-18-17-41(21-26(42)11-15-37)34-28-12-16-40(30-10-6-9-25-8-5-7-24(2)33(25)30)22-29(28)38-35(39-34)45-23-31-36(3,47-31)46-27-13-19-44-20-14-27/h4-10,26-27,31H,1,11-14,16-23H2,2-3H3/t26-,31?,36-/m0/s1. The number of nitrogens with zero attached hydrogens (tertiary/aromatic N) is 6. The molecule has 0 saturated carbocycles. The summed E-state index contributed by atoms with van der Waals surface area (Å²) in [7, 11) is 0. The Balaban J connectivity index is 1.16. The number of hydrogen-bond acceptors (Lipinski definition) is 10. The highest BCUT2D eigenvalue weighted by molar-refractivity contribution is 8.08. The first-order valence-electron chi connectivity index (χ1n) is 16.6. The number of carbonyl (C=O) groups excluding carboxylic acids is 1. The number of hydrogen-bond donors (Lipinski definition) is 0. The first kappa shape index (κ1) is 31.7. The average Bonchev–Trinajstić information content (AvgIpc) is 3.74. The first-order valence-corrected chi connectivity index (χ1v) is 17.5. The molecular formula is C36H42N6O4S. The average molecular weight is 655 g/mol. The minimum absolute atomic E-state index is 0.146. The van der Waals surface area contributed by atoms with Crippen LogP contribution in [0.15, 0.2) is 49.1 Å². The molecule has 4 aliphatic heterocycles.